The minimum atomic E-state index is -3.82. The maximum Gasteiger partial charge on any atom is 0.337 e. The lowest BCUT2D eigenvalue weighted by atomic mass is 9.96. The maximum absolute atomic E-state index is 13.0. The minimum Gasteiger partial charge on any atom is -0.465 e. The number of rotatable bonds is 4. The highest BCUT2D eigenvalue weighted by Crippen LogP contribution is 2.32. The molecule has 2 heterocycles. The Balaban J connectivity index is 1.92. The van der Waals surface area contributed by atoms with Crippen LogP contribution < -0.4 is 0 Å². The molecule has 0 spiro atoms. The van der Waals surface area contributed by atoms with Crippen LogP contribution in [-0.4, -0.2) is 49.1 Å². The van der Waals surface area contributed by atoms with Gasteiger partial charge in [0.15, 0.2) is 0 Å². The number of nitrogens with one attached hydrogen (secondary N) is 1. The van der Waals surface area contributed by atoms with E-state index in [0.29, 0.717) is 13.1 Å². The van der Waals surface area contributed by atoms with Crippen molar-refractivity contribution >= 4 is 27.6 Å². The van der Waals surface area contributed by atoms with Gasteiger partial charge >= 0.3 is 5.97 Å². The second-order valence-electron chi connectivity index (χ2n) is 5.85. The average Bonchev–Trinajstić information content (AvgIpc) is 3.16. The number of halogens is 1. The number of piperidine rings is 1. The Kier molecular flexibility index (Phi) is 5.12. The maximum atomic E-state index is 13.0. The number of esters is 1. The number of aromatic amines is 1. The van der Waals surface area contributed by atoms with Crippen LogP contribution in [-0.2, 0) is 14.8 Å². The molecule has 9 heteroatoms. The smallest absolute Gasteiger partial charge is 0.337 e. The van der Waals surface area contributed by atoms with E-state index < -0.39 is 16.0 Å². The van der Waals surface area contributed by atoms with Crippen LogP contribution in [0.4, 0.5) is 0 Å². The second kappa shape index (κ2) is 7.15. The van der Waals surface area contributed by atoms with E-state index in [1.54, 1.807) is 6.20 Å². The van der Waals surface area contributed by atoms with Crippen LogP contribution in [0.2, 0.25) is 5.02 Å². The van der Waals surface area contributed by atoms with Gasteiger partial charge in [0.2, 0.25) is 10.0 Å². The Hall–Kier alpha value is -1.90. The summed E-state index contributed by atoms with van der Waals surface area (Å²) in [7, 11) is -2.58. The number of H-pyrrole nitrogens is 1. The van der Waals surface area contributed by atoms with Crippen LogP contribution in [0.3, 0.4) is 0 Å². The number of carbonyl (C=O) groups excluding carboxylic acids is 1. The van der Waals surface area contributed by atoms with Crippen LogP contribution in [0.25, 0.3) is 0 Å². The molecular weight excluding hydrogens is 366 g/mol. The van der Waals surface area contributed by atoms with Gasteiger partial charge in [0.1, 0.15) is 4.90 Å². The molecule has 0 saturated carbocycles. The van der Waals surface area contributed by atoms with Crippen molar-refractivity contribution in [2.45, 2.75) is 23.7 Å². The number of methoxy groups -OCH3 is 1. The zero-order valence-corrected chi connectivity index (χ0v) is 15.2. The van der Waals surface area contributed by atoms with Crippen molar-refractivity contribution in [3.8, 4) is 0 Å². The van der Waals surface area contributed by atoms with Gasteiger partial charge in [-0.05, 0) is 37.1 Å². The first-order valence-electron chi connectivity index (χ1n) is 7.80. The van der Waals surface area contributed by atoms with Gasteiger partial charge in [0.25, 0.3) is 0 Å². The monoisotopic (exact) mass is 383 g/mol. The SMILES string of the molecule is COC(=O)c1ccc(Cl)c(S(=O)(=O)N2CCC[C@@H](c3ccn[nH]3)C2)c1. The van der Waals surface area contributed by atoms with Crippen molar-refractivity contribution in [2.75, 3.05) is 20.2 Å². The van der Waals surface area contributed by atoms with Gasteiger partial charge in [-0.15, -0.1) is 0 Å². The van der Waals surface area contributed by atoms with Crippen LogP contribution >= 0.6 is 11.6 Å². The number of hydrogen-bond donors (Lipinski definition) is 1. The van der Waals surface area contributed by atoms with Crippen molar-refractivity contribution in [2.24, 2.45) is 0 Å². The number of carbonyl (C=O) groups is 1. The van der Waals surface area contributed by atoms with Crippen molar-refractivity contribution in [1.29, 1.82) is 0 Å². The van der Waals surface area contributed by atoms with Gasteiger partial charge in [-0.3, -0.25) is 5.10 Å². The van der Waals surface area contributed by atoms with Gasteiger partial charge in [-0.25, -0.2) is 13.2 Å². The third-order valence-electron chi connectivity index (χ3n) is 4.32. The van der Waals surface area contributed by atoms with E-state index in [-0.39, 0.29) is 21.4 Å². The molecular formula is C16H18ClN3O4S. The summed E-state index contributed by atoms with van der Waals surface area (Å²) in [6.45, 7) is 0.745. The highest BCUT2D eigenvalue weighted by molar-refractivity contribution is 7.89. The molecule has 1 saturated heterocycles. The Bertz CT molecular complexity index is 868. The topological polar surface area (TPSA) is 92.4 Å². The van der Waals surface area contributed by atoms with Gasteiger partial charge in [0.05, 0.1) is 17.7 Å². The summed E-state index contributed by atoms with van der Waals surface area (Å²) < 4.78 is 32.2. The first-order chi connectivity index (χ1) is 11.9. The Morgan fingerprint density at radius 3 is 2.88 bits per heavy atom. The fourth-order valence-corrected chi connectivity index (χ4v) is 5.02. The van der Waals surface area contributed by atoms with Crippen molar-refractivity contribution < 1.29 is 17.9 Å². The molecule has 1 aliphatic heterocycles. The van der Waals surface area contributed by atoms with E-state index in [0.717, 1.165) is 18.5 Å². The third kappa shape index (κ3) is 3.56. The number of sulfonamides is 1. The molecule has 7 nitrogen and oxygen atoms in total. The lowest BCUT2D eigenvalue weighted by molar-refractivity contribution is 0.0600. The van der Waals surface area contributed by atoms with Crippen LogP contribution in [0.15, 0.2) is 35.4 Å². The molecule has 3 rings (SSSR count). The average molecular weight is 384 g/mol. The first-order valence-corrected chi connectivity index (χ1v) is 9.62. The molecule has 1 aromatic heterocycles. The Morgan fingerprint density at radius 1 is 1.40 bits per heavy atom. The van der Waals surface area contributed by atoms with Crippen molar-refractivity contribution in [1.82, 2.24) is 14.5 Å². The van der Waals surface area contributed by atoms with Crippen LogP contribution in [0, 0.1) is 0 Å². The minimum absolute atomic E-state index is 0.0496. The van der Waals surface area contributed by atoms with E-state index in [1.807, 2.05) is 6.07 Å². The summed E-state index contributed by atoms with van der Waals surface area (Å²) in [5, 5.41) is 6.91. The molecule has 2 aromatic rings. The summed E-state index contributed by atoms with van der Waals surface area (Å²) in [6, 6.07) is 5.96. The highest BCUT2D eigenvalue weighted by atomic mass is 35.5. The highest BCUT2D eigenvalue weighted by Gasteiger charge is 2.33. The molecule has 1 atom stereocenters. The second-order valence-corrected chi connectivity index (χ2v) is 8.16. The number of nitrogens with zero attached hydrogens (tertiary/aromatic N) is 2. The van der Waals surface area contributed by atoms with Crippen molar-refractivity contribution in [3.63, 3.8) is 0 Å². The zero-order valence-electron chi connectivity index (χ0n) is 13.6. The molecule has 1 fully saturated rings. The molecule has 0 amide bonds. The third-order valence-corrected chi connectivity index (χ3v) is 6.66. The Morgan fingerprint density at radius 2 is 2.20 bits per heavy atom. The molecule has 1 aromatic carbocycles. The van der Waals surface area contributed by atoms with E-state index in [4.69, 9.17) is 11.6 Å². The predicted molar refractivity (Wildman–Crippen MR) is 92.1 cm³/mol. The quantitative estimate of drug-likeness (QED) is 0.818. The first kappa shape index (κ1) is 17.9. The van der Waals surface area contributed by atoms with Crippen LogP contribution in [0.5, 0.6) is 0 Å². The standard InChI is InChI=1S/C16H18ClN3O4S/c1-24-16(21)11-4-5-13(17)15(9-11)25(22,23)20-8-2-3-12(10-20)14-6-7-18-19-14/h4-7,9,12H,2-3,8,10H2,1H3,(H,18,19)/t12-/m1/s1. The number of hydrogen-bond acceptors (Lipinski definition) is 5. The number of ether oxygens (including phenoxy) is 1. The fourth-order valence-electron chi connectivity index (χ4n) is 2.99. The lowest BCUT2D eigenvalue weighted by Gasteiger charge is -2.31. The summed E-state index contributed by atoms with van der Waals surface area (Å²) in [4.78, 5) is 11.6. The van der Waals surface area contributed by atoms with E-state index in [9.17, 15) is 13.2 Å². The van der Waals surface area contributed by atoms with E-state index in [1.165, 1.54) is 29.6 Å². The largest absolute Gasteiger partial charge is 0.465 e. The molecule has 0 bridgehead atoms. The van der Waals surface area contributed by atoms with E-state index in [2.05, 4.69) is 14.9 Å². The van der Waals surface area contributed by atoms with Gasteiger partial charge in [-0.2, -0.15) is 9.40 Å². The lowest BCUT2D eigenvalue weighted by Crippen LogP contribution is -2.39. The van der Waals surface area contributed by atoms with E-state index >= 15 is 0 Å². The predicted octanol–water partition coefficient (Wildman–Crippen LogP) is 2.42. The molecule has 0 unspecified atom stereocenters. The number of aromatic nitrogens is 2. The summed E-state index contributed by atoms with van der Waals surface area (Å²) in [5.74, 6) is -0.560. The molecule has 1 N–H and O–H groups in total. The molecule has 1 aliphatic rings. The van der Waals surface area contributed by atoms with Gasteiger partial charge in [-0.1, -0.05) is 11.6 Å². The Labute approximate surface area is 151 Å². The van der Waals surface area contributed by atoms with Crippen molar-refractivity contribution in [3.05, 3.63) is 46.7 Å². The van der Waals surface area contributed by atoms with Gasteiger partial charge < -0.3 is 4.74 Å². The normalized spacial score (nSPS) is 18.9. The molecule has 0 radical (unpaired) electrons. The summed E-state index contributed by atoms with van der Waals surface area (Å²) >= 11 is 6.11. The van der Waals surface area contributed by atoms with Gasteiger partial charge in [0, 0.05) is 30.9 Å². The zero-order chi connectivity index (χ0) is 18.0. The summed E-state index contributed by atoms with van der Waals surface area (Å²) in [5.41, 5.74) is 1.06. The summed E-state index contributed by atoms with van der Waals surface area (Å²) in [6.07, 6.45) is 3.26. The fraction of sp³-hybridized carbons (Fsp3) is 0.375. The molecule has 25 heavy (non-hydrogen) atoms. The van der Waals surface area contributed by atoms with Crippen LogP contribution in [0.1, 0.15) is 34.8 Å². The molecule has 134 valence electrons. The number of benzene rings is 1. The molecule has 0 aliphatic carbocycles.